The van der Waals surface area contributed by atoms with E-state index in [1.54, 1.807) is 25.1 Å². The number of aromatic nitrogens is 2. The third kappa shape index (κ3) is 5.38. The summed E-state index contributed by atoms with van der Waals surface area (Å²) in [5, 5.41) is 2.53. The highest BCUT2D eigenvalue weighted by Crippen LogP contribution is 2.61. The maximum absolute atomic E-state index is 13.9. The number of benzene rings is 1. The molecule has 4 aliphatic carbocycles. The summed E-state index contributed by atoms with van der Waals surface area (Å²) in [5.74, 6) is 1.28. The normalized spacial score (nSPS) is 39.9. The summed E-state index contributed by atoms with van der Waals surface area (Å²) in [5.41, 5.74) is 0.464. The molecule has 220 valence electrons. The van der Waals surface area contributed by atoms with Crippen LogP contribution in [-0.4, -0.2) is 70.2 Å². The van der Waals surface area contributed by atoms with E-state index in [1.165, 1.54) is 23.8 Å². The van der Waals surface area contributed by atoms with Crippen LogP contribution in [0.1, 0.15) is 92.6 Å². The summed E-state index contributed by atoms with van der Waals surface area (Å²) in [6.45, 7) is -10.2. The molecule has 0 radical (unpaired) electrons. The lowest BCUT2D eigenvalue weighted by atomic mass is 9.49. The molecule has 0 spiro atoms. The van der Waals surface area contributed by atoms with E-state index in [0.29, 0.717) is 46.0 Å². The molecule has 2 aromatic rings. The smallest absolute Gasteiger partial charge is 0.262 e. The van der Waals surface area contributed by atoms with E-state index in [9.17, 15) is 14.4 Å². The Bertz CT molecular complexity index is 1680. The van der Waals surface area contributed by atoms with Crippen LogP contribution in [0.5, 0.6) is 0 Å². The standard InChI is InChI=1S/C33H45N5O3/c1-22-34-27-6-2-4-26(30(27)32(41)38(22)28-7-8-29(39)35-31(28)40)5-3-10-36-12-14-37(15-13-36)11-9-33-19-23-16-24(20-33)18-25(17-23)21-33/h2,4,6,23-25,28H,3,5,7-21H2,1H3,(H,35,39,40)/i12D2,13D2,14D2,15D2. The number of piperidine rings is 1. The van der Waals surface area contributed by atoms with Gasteiger partial charge in [0, 0.05) is 43.4 Å². The molecule has 3 heterocycles. The first-order valence-electron chi connectivity index (χ1n) is 19.3. The first kappa shape index (κ1) is 19.6. The Labute approximate surface area is 254 Å². The van der Waals surface area contributed by atoms with Gasteiger partial charge in [0.05, 0.1) is 10.9 Å². The Morgan fingerprint density at radius 2 is 1.63 bits per heavy atom. The average Bonchev–Trinajstić information content (AvgIpc) is 2.98. The zero-order chi connectivity index (χ0) is 35.3. The molecule has 2 aliphatic heterocycles. The minimum atomic E-state index is -2.88. The van der Waals surface area contributed by atoms with Crippen molar-refractivity contribution < 1.29 is 20.6 Å². The maximum atomic E-state index is 13.9. The molecule has 8 heteroatoms. The molecule has 4 saturated carbocycles. The number of fused-ring (bicyclic) bond motifs is 1. The predicted octanol–water partition coefficient (Wildman–Crippen LogP) is 3.84. The Morgan fingerprint density at radius 1 is 0.976 bits per heavy atom. The summed E-state index contributed by atoms with van der Waals surface area (Å²) in [6.07, 6.45) is 7.81. The van der Waals surface area contributed by atoms with Crippen molar-refractivity contribution in [2.75, 3.05) is 39.1 Å². The Hall–Kier alpha value is -2.58. The molecule has 4 bridgehead atoms. The zero-order valence-electron chi connectivity index (χ0n) is 31.7. The molecular weight excluding hydrogens is 514 g/mol. The number of nitrogens with one attached hydrogen (secondary N) is 1. The quantitative estimate of drug-likeness (QED) is 0.488. The Balaban J connectivity index is 1.11. The van der Waals surface area contributed by atoms with Gasteiger partial charge < -0.3 is 9.80 Å². The minimum Gasteiger partial charge on any atom is -0.301 e. The second kappa shape index (κ2) is 10.9. The Morgan fingerprint density at radius 3 is 2.29 bits per heavy atom. The van der Waals surface area contributed by atoms with Gasteiger partial charge in [-0.2, -0.15) is 0 Å². The molecule has 2 saturated heterocycles. The van der Waals surface area contributed by atoms with Crippen molar-refractivity contribution in [3.63, 3.8) is 0 Å². The lowest BCUT2D eigenvalue weighted by Crippen LogP contribution is -2.50. The molecule has 41 heavy (non-hydrogen) atoms. The number of piperazine rings is 1. The van der Waals surface area contributed by atoms with Gasteiger partial charge >= 0.3 is 0 Å². The number of amides is 2. The van der Waals surface area contributed by atoms with Gasteiger partial charge in [0.2, 0.25) is 11.8 Å². The monoisotopic (exact) mass is 567 g/mol. The molecule has 1 aromatic carbocycles. The van der Waals surface area contributed by atoms with E-state index in [2.05, 4.69) is 10.3 Å². The molecule has 8 nitrogen and oxygen atoms in total. The molecule has 1 N–H and O–H groups in total. The van der Waals surface area contributed by atoms with Crippen molar-refractivity contribution in [2.45, 2.75) is 83.6 Å². The van der Waals surface area contributed by atoms with Gasteiger partial charge in [0.25, 0.3) is 5.56 Å². The van der Waals surface area contributed by atoms with Crippen molar-refractivity contribution in [3.05, 3.63) is 39.9 Å². The SMILES string of the molecule is [2H]C1([2H])N(CCCc2cccc3nc(C)n(C4CCC(=O)NC4=O)c(=O)c23)C([2H])([2H])C([2H])([2H])N(CCC23CC4CC(CC(C4)C2)C3)C1([2H])[2H]. The van der Waals surface area contributed by atoms with Crippen molar-refractivity contribution in [3.8, 4) is 0 Å². The fraction of sp³-hybridized carbons (Fsp3) is 0.697. The van der Waals surface area contributed by atoms with E-state index in [0.717, 1.165) is 24.2 Å². The molecule has 2 amide bonds. The largest absolute Gasteiger partial charge is 0.301 e. The van der Waals surface area contributed by atoms with Crippen LogP contribution < -0.4 is 10.9 Å². The first-order chi connectivity index (χ1) is 22.9. The van der Waals surface area contributed by atoms with E-state index >= 15 is 0 Å². The van der Waals surface area contributed by atoms with Crippen molar-refractivity contribution in [2.24, 2.45) is 23.2 Å². The van der Waals surface area contributed by atoms with Crippen LogP contribution in [0, 0.1) is 30.1 Å². The summed E-state index contributed by atoms with van der Waals surface area (Å²) < 4.78 is 72.9. The number of rotatable bonds is 8. The fourth-order valence-corrected chi connectivity index (χ4v) is 8.82. The molecule has 1 aromatic heterocycles. The summed E-state index contributed by atoms with van der Waals surface area (Å²) >= 11 is 0. The number of carbonyl (C=O) groups is 2. The third-order valence-electron chi connectivity index (χ3n) is 10.2. The third-order valence-corrected chi connectivity index (χ3v) is 10.2. The van der Waals surface area contributed by atoms with Crippen LogP contribution in [0.15, 0.2) is 23.0 Å². The van der Waals surface area contributed by atoms with Crippen molar-refractivity contribution >= 4 is 22.7 Å². The Kier molecular flexibility index (Phi) is 5.21. The number of hydrogen-bond acceptors (Lipinski definition) is 6. The van der Waals surface area contributed by atoms with Crippen molar-refractivity contribution in [1.82, 2.24) is 24.7 Å². The summed E-state index contributed by atoms with van der Waals surface area (Å²) in [6, 6.07) is 4.20. The van der Waals surface area contributed by atoms with E-state index in [4.69, 9.17) is 11.0 Å². The zero-order valence-corrected chi connectivity index (χ0v) is 23.7. The molecule has 6 aliphatic rings. The predicted molar refractivity (Wildman–Crippen MR) is 159 cm³/mol. The van der Waals surface area contributed by atoms with Gasteiger partial charge in [-0.25, -0.2) is 4.98 Å². The molecular formula is C33H45N5O3. The van der Waals surface area contributed by atoms with Crippen LogP contribution in [0.4, 0.5) is 0 Å². The van der Waals surface area contributed by atoms with E-state index in [-0.39, 0.29) is 49.6 Å². The highest BCUT2D eigenvalue weighted by atomic mass is 16.2. The van der Waals surface area contributed by atoms with E-state index in [1.807, 2.05) is 0 Å². The van der Waals surface area contributed by atoms with Gasteiger partial charge in [0.1, 0.15) is 11.9 Å². The van der Waals surface area contributed by atoms with Gasteiger partial charge in [-0.3, -0.25) is 24.3 Å². The van der Waals surface area contributed by atoms with Crippen LogP contribution in [-0.2, 0) is 16.0 Å². The lowest BCUT2D eigenvalue weighted by Gasteiger charge is -2.57. The van der Waals surface area contributed by atoms with Gasteiger partial charge in [0.15, 0.2) is 0 Å². The molecule has 8 rings (SSSR count). The van der Waals surface area contributed by atoms with Crippen LogP contribution in [0.2, 0.25) is 0 Å². The maximum Gasteiger partial charge on any atom is 0.262 e. The number of hydrogen-bond donors (Lipinski definition) is 1. The fourth-order valence-electron chi connectivity index (χ4n) is 8.82. The van der Waals surface area contributed by atoms with Crippen LogP contribution >= 0.6 is 0 Å². The van der Waals surface area contributed by atoms with Crippen LogP contribution in [0.3, 0.4) is 0 Å². The highest BCUT2D eigenvalue weighted by Gasteiger charge is 2.50. The summed E-state index contributed by atoms with van der Waals surface area (Å²) in [4.78, 5) is 44.3. The molecule has 1 atom stereocenters. The number of aryl methyl sites for hydroxylation is 2. The van der Waals surface area contributed by atoms with Gasteiger partial charge in [-0.05, 0) is 119 Å². The second-order valence-corrected chi connectivity index (χ2v) is 13.1. The number of carbonyl (C=O) groups excluding carboxylic acids is 2. The first-order valence-corrected chi connectivity index (χ1v) is 15.3. The number of imide groups is 1. The topological polar surface area (TPSA) is 87.5 Å². The second-order valence-electron chi connectivity index (χ2n) is 13.1. The summed E-state index contributed by atoms with van der Waals surface area (Å²) in [7, 11) is 0. The molecule has 6 fully saturated rings. The van der Waals surface area contributed by atoms with Gasteiger partial charge in [-0.1, -0.05) is 12.1 Å². The minimum absolute atomic E-state index is 0.0138. The average molecular weight is 568 g/mol. The van der Waals surface area contributed by atoms with Crippen LogP contribution in [0.25, 0.3) is 10.9 Å². The lowest BCUT2D eigenvalue weighted by molar-refractivity contribution is -0.135. The van der Waals surface area contributed by atoms with Crippen molar-refractivity contribution in [1.29, 1.82) is 0 Å². The number of nitrogens with zero attached hydrogens (tertiary/aromatic N) is 4. The molecule has 1 unspecified atom stereocenters. The van der Waals surface area contributed by atoms with Gasteiger partial charge in [-0.15, -0.1) is 0 Å². The van der Waals surface area contributed by atoms with E-state index < -0.39 is 49.4 Å². The highest BCUT2D eigenvalue weighted by molar-refractivity contribution is 5.99.